The molecule has 1 aliphatic carbocycles. The van der Waals surface area contributed by atoms with Crippen molar-refractivity contribution < 1.29 is 19.1 Å². The summed E-state index contributed by atoms with van der Waals surface area (Å²) in [5.41, 5.74) is 0.192. The Kier molecular flexibility index (Phi) is 4.09. The highest BCUT2D eigenvalue weighted by molar-refractivity contribution is 5.94. The molecule has 0 radical (unpaired) electrons. The lowest BCUT2D eigenvalue weighted by Crippen LogP contribution is -2.33. The van der Waals surface area contributed by atoms with Crippen LogP contribution in [0, 0.1) is 17.8 Å². The monoisotopic (exact) mass is 266 g/mol. The summed E-state index contributed by atoms with van der Waals surface area (Å²) < 4.78 is 12.9. The quantitative estimate of drug-likeness (QED) is 0.808. The fourth-order valence-corrected chi connectivity index (χ4v) is 2.48. The summed E-state index contributed by atoms with van der Waals surface area (Å²) in [6.07, 6.45) is 3.53. The number of nitrogens with zero attached hydrogens (tertiary/aromatic N) is 1. The molecular weight excluding hydrogens is 251 g/mol. The van der Waals surface area contributed by atoms with Gasteiger partial charge in [0.15, 0.2) is 0 Å². The zero-order chi connectivity index (χ0) is 13.8. The SMILES string of the molecule is O=C(NCC1CCCC1C(=O)O)c1ccnc(F)c1. The number of rotatable bonds is 4. The van der Waals surface area contributed by atoms with Gasteiger partial charge in [0, 0.05) is 24.4 Å². The number of carboxylic acid groups (broad SMARTS) is 1. The molecule has 2 N–H and O–H groups in total. The molecule has 0 bridgehead atoms. The Labute approximate surface area is 109 Å². The van der Waals surface area contributed by atoms with E-state index in [0.29, 0.717) is 13.0 Å². The summed E-state index contributed by atoms with van der Waals surface area (Å²) in [6.45, 7) is 0.305. The lowest BCUT2D eigenvalue weighted by molar-refractivity contribution is -0.142. The molecule has 0 aliphatic heterocycles. The maximum atomic E-state index is 12.9. The number of halogens is 1. The highest BCUT2D eigenvalue weighted by Crippen LogP contribution is 2.31. The van der Waals surface area contributed by atoms with Gasteiger partial charge in [-0.1, -0.05) is 6.42 Å². The predicted molar refractivity (Wildman–Crippen MR) is 65.0 cm³/mol. The van der Waals surface area contributed by atoms with Crippen LogP contribution in [0.4, 0.5) is 4.39 Å². The van der Waals surface area contributed by atoms with E-state index in [1.807, 2.05) is 0 Å². The zero-order valence-electron chi connectivity index (χ0n) is 10.3. The summed E-state index contributed by atoms with van der Waals surface area (Å²) in [5.74, 6) is -2.37. The van der Waals surface area contributed by atoms with Gasteiger partial charge >= 0.3 is 5.97 Å². The van der Waals surface area contributed by atoms with E-state index in [1.165, 1.54) is 12.3 Å². The van der Waals surface area contributed by atoms with Crippen molar-refractivity contribution in [3.8, 4) is 0 Å². The molecule has 2 rings (SSSR count). The minimum Gasteiger partial charge on any atom is -0.481 e. The van der Waals surface area contributed by atoms with Gasteiger partial charge in [-0.3, -0.25) is 9.59 Å². The molecule has 1 saturated carbocycles. The van der Waals surface area contributed by atoms with Crippen LogP contribution in [-0.4, -0.2) is 28.5 Å². The molecule has 0 saturated heterocycles. The number of aliphatic carboxylic acids is 1. The van der Waals surface area contributed by atoms with Gasteiger partial charge in [-0.15, -0.1) is 0 Å². The van der Waals surface area contributed by atoms with Crippen LogP contribution in [-0.2, 0) is 4.79 Å². The van der Waals surface area contributed by atoms with Crippen molar-refractivity contribution in [1.29, 1.82) is 0 Å². The third-order valence-corrected chi connectivity index (χ3v) is 3.49. The minimum absolute atomic E-state index is 0.0480. The topological polar surface area (TPSA) is 79.3 Å². The van der Waals surface area contributed by atoms with Crippen molar-refractivity contribution in [2.24, 2.45) is 11.8 Å². The van der Waals surface area contributed by atoms with E-state index in [9.17, 15) is 14.0 Å². The Hall–Kier alpha value is -1.98. The second kappa shape index (κ2) is 5.77. The van der Waals surface area contributed by atoms with E-state index in [0.717, 1.165) is 18.9 Å². The minimum atomic E-state index is -0.813. The fourth-order valence-electron chi connectivity index (χ4n) is 2.48. The molecule has 1 fully saturated rings. The molecule has 1 aromatic heterocycles. The highest BCUT2D eigenvalue weighted by atomic mass is 19.1. The van der Waals surface area contributed by atoms with Crippen LogP contribution in [0.25, 0.3) is 0 Å². The van der Waals surface area contributed by atoms with Crippen LogP contribution in [0.5, 0.6) is 0 Å². The number of amides is 1. The van der Waals surface area contributed by atoms with E-state index in [-0.39, 0.29) is 11.5 Å². The summed E-state index contributed by atoms with van der Waals surface area (Å²) in [6, 6.07) is 2.47. The predicted octanol–water partition coefficient (Wildman–Crippen LogP) is 1.45. The van der Waals surface area contributed by atoms with Gasteiger partial charge < -0.3 is 10.4 Å². The number of pyridine rings is 1. The van der Waals surface area contributed by atoms with Gasteiger partial charge in [-0.2, -0.15) is 4.39 Å². The van der Waals surface area contributed by atoms with Gasteiger partial charge in [0.1, 0.15) is 0 Å². The Morgan fingerprint density at radius 3 is 2.95 bits per heavy atom. The van der Waals surface area contributed by atoms with Gasteiger partial charge in [0.05, 0.1) is 5.92 Å². The maximum absolute atomic E-state index is 12.9. The van der Waals surface area contributed by atoms with Gasteiger partial charge in [-0.25, -0.2) is 4.98 Å². The molecule has 19 heavy (non-hydrogen) atoms. The lowest BCUT2D eigenvalue weighted by atomic mass is 9.96. The molecule has 102 valence electrons. The molecular formula is C13H15FN2O3. The second-order valence-corrected chi connectivity index (χ2v) is 4.71. The van der Waals surface area contributed by atoms with Crippen LogP contribution >= 0.6 is 0 Å². The fraction of sp³-hybridized carbons (Fsp3) is 0.462. The van der Waals surface area contributed by atoms with E-state index in [4.69, 9.17) is 5.11 Å². The first-order valence-electron chi connectivity index (χ1n) is 6.20. The number of hydrogen-bond acceptors (Lipinski definition) is 3. The molecule has 1 amide bonds. The normalized spacial score (nSPS) is 22.2. The largest absolute Gasteiger partial charge is 0.481 e. The molecule has 1 heterocycles. The Bertz CT molecular complexity index is 493. The van der Waals surface area contributed by atoms with E-state index < -0.39 is 23.7 Å². The van der Waals surface area contributed by atoms with Crippen molar-refractivity contribution in [2.75, 3.05) is 6.54 Å². The summed E-state index contributed by atoms with van der Waals surface area (Å²) in [5, 5.41) is 11.7. The van der Waals surface area contributed by atoms with Crippen molar-refractivity contribution in [1.82, 2.24) is 10.3 Å². The van der Waals surface area contributed by atoms with Crippen molar-refractivity contribution in [3.05, 3.63) is 29.8 Å². The third-order valence-electron chi connectivity index (χ3n) is 3.49. The smallest absolute Gasteiger partial charge is 0.306 e. The standard InChI is InChI=1S/C13H15FN2O3/c14-11-6-8(4-5-15-11)12(17)16-7-9-2-1-3-10(9)13(18)19/h4-6,9-10H,1-3,7H2,(H,16,17)(H,18,19). The van der Waals surface area contributed by atoms with Crippen molar-refractivity contribution >= 4 is 11.9 Å². The molecule has 2 unspecified atom stereocenters. The molecule has 1 aliphatic rings. The van der Waals surface area contributed by atoms with Crippen molar-refractivity contribution in [3.63, 3.8) is 0 Å². The summed E-state index contributed by atoms with van der Waals surface area (Å²) >= 11 is 0. The number of nitrogens with one attached hydrogen (secondary N) is 1. The number of carbonyl (C=O) groups excluding carboxylic acids is 1. The first-order valence-corrected chi connectivity index (χ1v) is 6.20. The lowest BCUT2D eigenvalue weighted by Gasteiger charge is -2.16. The summed E-state index contributed by atoms with van der Waals surface area (Å²) in [4.78, 5) is 26.1. The zero-order valence-corrected chi connectivity index (χ0v) is 10.3. The Balaban J connectivity index is 1.92. The van der Waals surface area contributed by atoms with Crippen LogP contribution in [0.2, 0.25) is 0 Å². The number of hydrogen-bond donors (Lipinski definition) is 2. The highest BCUT2D eigenvalue weighted by Gasteiger charge is 2.32. The van der Waals surface area contributed by atoms with Gasteiger partial charge in [0.25, 0.3) is 5.91 Å². The third kappa shape index (κ3) is 3.27. The van der Waals surface area contributed by atoms with Gasteiger partial charge in [-0.05, 0) is 24.8 Å². The van der Waals surface area contributed by atoms with Crippen molar-refractivity contribution in [2.45, 2.75) is 19.3 Å². The van der Waals surface area contributed by atoms with Crippen LogP contribution in [0.15, 0.2) is 18.3 Å². The molecule has 5 nitrogen and oxygen atoms in total. The molecule has 0 aromatic carbocycles. The Morgan fingerprint density at radius 2 is 2.26 bits per heavy atom. The Morgan fingerprint density at radius 1 is 1.47 bits per heavy atom. The molecule has 0 spiro atoms. The van der Waals surface area contributed by atoms with E-state index in [1.54, 1.807) is 0 Å². The molecule has 2 atom stereocenters. The van der Waals surface area contributed by atoms with Crippen LogP contribution in [0.1, 0.15) is 29.6 Å². The molecule has 6 heteroatoms. The maximum Gasteiger partial charge on any atom is 0.306 e. The first kappa shape index (κ1) is 13.5. The average Bonchev–Trinajstić information content (AvgIpc) is 2.84. The van der Waals surface area contributed by atoms with E-state index >= 15 is 0 Å². The van der Waals surface area contributed by atoms with Crippen LogP contribution in [0.3, 0.4) is 0 Å². The molecule has 1 aromatic rings. The number of carbonyl (C=O) groups is 2. The number of aromatic nitrogens is 1. The van der Waals surface area contributed by atoms with Crippen LogP contribution < -0.4 is 5.32 Å². The summed E-state index contributed by atoms with van der Waals surface area (Å²) in [7, 11) is 0. The second-order valence-electron chi connectivity index (χ2n) is 4.71. The van der Waals surface area contributed by atoms with Gasteiger partial charge in [0.2, 0.25) is 5.95 Å². The average molecular weight is 266 g/mol. The first-order chi connectivity index (χ1) is 9.08. The number of carboxylic acids is 1. The van der Waals surface area contributed by atoms with E-state index in [2.05, 4.69) is 10.3 Å².